The molecule has 2 rings (SSSR count). The summed E-state index contributed by atoms with van der Waals surface area (Å²) in [6.07, 6.45) is -0.768. The van der Waals surface area contributed by atoms with Gasteiger partial charge in [-0.05, 0) is 25.5 Å². The molecule has 0 spiro atoms. The zero-order valence-corrected chi connectivity index (χ0v) is 12.4. The Morgan fingerprint density at radius 3 is 2.68 bits per heavy atom. The quantitative estimate of drug-likeness (QED) is 0.628. The number of benzene rings is 1. The van der Waals surface area contributed by atoms with Crippen molar-refractivity contribution < 1.29 is 18.7 Å². The minimum Gasteiger partial charge on any atom is -0.452 e. The lowest BCUT2D eigenvalue weighted by molar-refractivity contribution is -0.0243. The van der Waals surface area contributed by atoms with Gasteiger partial charge in [-0.3, -0.25) is 0 Å². The number of alkyl halides is 2. The van der Waals surface area contributed by atoms with Gasteiger partial charge in [0, 0.05) is 0 Å². The highest BCUT2D eigenvalue weighted by Gasteiger charge is 2.55. The molecule has 0 aromatic heterocycles. The summed E-state index contributed by atoms with van der Waals surface area (Å²) in [7, 11) is 0. The van der Waals surface area contributed by atoms with Gasteiger partial charge in [-0.2, -0.15) is 0 Å². The molecule has 0 bridgehead atoms. The van der Waals surface area contributed by atoms with E-state index >= 15 is 0 Å². The van der Waals surface area contributed by atoms with Gasteiger partial charge in [0.15, 0.2) is 11.8 Å². The maximum atomic E-state index is 14.5. The molecule has 1 aliphatic rings. The lowest BCUT2D eigenvalue weighted by atomic mass is 9.99. The molecule has 0 N–H and O–H groups in total. The van der Waals surface area contributed by atoms with Crippen molar-refractivity contribution in [1.82, 2.24) is 0 Å². The number of rotatable bonds is 3. The first-order valence-corrected chi connectivity index (χ1v) is 7.12. The van der Waals surface area contributed by atoms with Crippen LogP contribution in [0.5, 0.6) is 0 Å². The van der Waals surface area contributed by atoms with Crippen LogP contribution < -0.4 is 0 Å². The first-order valence-electron chi connectivity index (χ1n) is 6.21. The molecule has 1 fully saturated rings. The standard InChI is InChI=1S/C14H16BrFO3/c1-3-10-11(14(2,16)13(15)18-10)19-12(17)9-7-5-4-6-8-9/h4-8,10-11,13H,3H2,1-2H3/t10-,11-,13+,14-/m1/s1. The average molecular weight is 331 g/mol. The van der Waals surface area contributed by atoms with Crippen LogP contribution in [-0.4, -0.2) is 28.9 Å². The van der Waals surface area contributed by atoms with Crippen LogP contribution in [0.1, 0.15) is 30.6 Å². The van der Waals surface area contributed by atoms with Crippen LogP contribution in [0.4, 0.5) is 4.39 Å². The molecule has 0 amide bonds. The molecule has 0 radical (unpaired) electrons. The van der Waals surface area contributed by atoms with E-state index in [1.165, 1.54) is 6.92 Å². The molecule has 1 aromatic carbocycles. The highest BCUT2D eigenvalue weighted by Crippen LogP contribution is 2.40. The van der Waals surface area contributed by atoms with Crippen LogP contribution in [0, 0.1) is 0 Å². The summed E-state index contributed by atoms with van der Waals surface area (Å²) in [4.78, 5) is 12.0. The van der Waals surface area contributed by atoms with Gasteiger partial charge in [0.05, 0.1) is 11.7 Å². The predicted molar refractivity (Wildman–Crippen MR) is 73.0 cm³/mol. The Hall–Kier alpha value is -0.940. The Bertz CT molecular complexity index is 449. The van der Waals surface area contributed by atoms with Crippen LogP contribution in [0.3, 0.4) is 0 Å². The van der Waals surface area contributed by atoms with Gasteiger partial charge in [-0.15, -0.1) is 0 Å². The predicted octanol–water partition coefficient (Wildman–Crippen LogP) is 3.47. The minimum absolute atomic E-state index is 0.408. The molecule has 4 atom stereocenters. The van der Waals surface area contributed by atoms with Crippen molar-refractivity contribution >= 4 is 21.9 Å². The largest absolute Gasteiger partial charge is 0.452 e. The molecule has 1 saturated heterocycles. The molecule has 19 heavy (non-hydrogen) atoms. The molecule has 0 aliphatic carbocycles. The van der Waals surface area contributed by atoms with E-state index in [0.717, 1.165) is 0 Å². The van der Waals surface area contributed by atoms with Gasteiger partial charge in [0.1, 0.15) is 5.01 Å². The first kappa shape index (κ1) is 14.5. The lowest BCUT2D eigenvalue weighted by Crippen LogP contribution is -2.42. The normalized spacial score (nSPS) is 34.2. The molecule has 104 valence electrons. The van der Waals surface area contributed by atoms with Gasteiger partial charge in [0.2, 0.25) is 0 Å². The molecule has 5 heteroatoms. The summed E-state index contributed by atoms with van der Waals surface area (Å²) in [5, 5.41) is -0.765. The fourth-order valence-electron chi connectivity index (χ4n) is 2.11. The molecule has 1 heterocycles. The maximum absolute atomic E-state index is 14.5. The van der Waals surface area contributed by atoms with Crippen LogP contribution in [0.15, 0.2) is 30.3 Å². The van der Waals surface area contributed by atoms with Gasteiger partial charge < -0.3 is 9.47 Å². The fourth-order valence-corrected chi connectivity index (χ4v) is 2.65. The number of hydrogen-bond donors (Lipinski definition) is 0. The summed E-state index contributed by atoms with van der Waals surface area (Å²) in [5.74, 6) is -0.530. The molecule has 0 saturated carbocycles. The lowest BCUT2D eigenvalue weighted by Gasteiger charge is -2.25. The van der Waals surface area contributed by atoms with E-state index in [0.29, 0.717) is 12.0 Å². The van der Waals surface area contributed by atoms with Crippen molar-refractivity contribution in [2.45, 2.75) is 43.2 Å². The topological polar surface area (TPSA) is 35.5 Å². The van der Waals surface area contributed by atoms with Crippen molar-refractivity contribution in [1.29, 1.82) is 0 Å². The van der Waals surface area contributed by atoms with E-state index in [9.17, 15) is 9.18 Å². The first-order chi connectivity index (χ1) is 8.96. The highest BCUT2D eigenvalue weighted by molar-refractivity contribution is 9.09. The van der Waals surface area contributed by atoms with E-state index < -0.39 is 28.9 Å². The Morgan fingerprint density at radius 2 is 2.11 bits per heavy atom. The number of carbonyl (C=O) groups is 1. The Morgan fingerprint density at radius 1 is 1.47 bits per heavy atom. The SMILES string of the molecule is CC[C@H]1O[C@H](Br)[C@](C)(F)[C@@H]1OC(=O)c1ccccc1. The van der Waals surface area contributed by atoms with Crippen molar-refractivity contribution in [2.24, 2.45) is 0 Å². The van der Waals surface area contributed by atoms with Crippen LogP contribution >= 0.6 is 15.9 Å². The van der Waals surface area contributed by atoms with Gasteiger partial charge in [0.25, 0.3) is 0 Å². The summed E-state index contributed by atoms with van der Waals surface area (Å²) in [6.45, 7) is 3.25. The molecule has 1 aliphatic heterocycles. The number of ether oxygens (including phenoxy) is 2. The van der Waals surface area contributed by atoms with Crippen molar-refractivity contribution in [3.05, 3.63) is 35.9 Å². The Labute approximate surface area is 120 Å². The van der Waals surface area contributed by atoms with Crippen LogP contribution in [0.2, 0.25) is 0 Å². The molecule has 1 aromatic rings. The molecule has 3 nitrogen and oxygen atoms in total. The molecular weight excluding hydrogens is 315 g/mol. The van der Waals surface area contributed by atoms with E-state index in [2.05, 4.69) is 15.9 Å². The van der Waals surface area contributed by atoms with E-state index in [-0.39, 0.29) is 0 Å². The zero-order valence-electron chi connectivity index (χ0n) is 10.8. The van der Waals surface area contributed by atoms with Crippen LogP contribution in [0.25, 0.3) is 0 Å². The Kier molecular flexibility index (Phi) is 4.26. The molecular formula is C14H16BrFO3. The van der Waals surface area contributed by atoms with Gasteiger partial charge >= 0.3 is 5.97 Å². The summed E-state index contributed by atoms with van der Waals surface area (Å²) >= 11 is 3.14. The van der Waals surface area contributed by atoms with Crippen molar-refractivity contribution in [2.75, 3.05) is 0 Å². The fraction of sp³-hybridized carbons (Fsp3) is 0.500. The molecule has 0 unspecified atom stereocenters. The zero-order chi connectivity index (χ0) is 14.0. The summed E-state index contributed by atoms with van der Waals surface area (Å²) < 4.78 is 25.3. The Balaban J connectivity index is 2.15. The minimum atomic E-state index is -1.74. The third kappa shape index (κ3) is 2.82. The second kappa shape index (κ2) is 5.59. The van der Waals surface area contributed by atoms with E-state index in [4.69, 9.17) is 9.47 Å². The third-order valence-corrected chi connectivity index (χ3v) is 4.39. The van der Waals surface area contributed by atoms with Gasteiger partial charge in [-0.1, -0.05) is 41.1 Å². The van der Waals surface area contributed by atoms with E-state index in [1.807, 2.05) is 6.92 Å². The highest BCUT2D eigenvalue weighted by atomic mass is 79.9. The second-order valence-electron chi connectivity index (χ2n) is 4.74. The summed E-state index contributed by atoms with van der Waals surface area (Å²) in [5.41, 5.74) is -1.34. The van der Waals surface area contributed by atoms with Gasteiger partial charge in [-0.25, -0.2) is 9.18 Å². The summed E-state index contributed by atoms with van der Waals surface area (Å²) in [6, 6.07) is 8.56. The number of halogens is 2. The van der Waals surface area contributed by atoms with Crippen molar-refractivity contribution in [3.8, 4) is 0 Å². The van der Waals surface area contributed by atoms with E-state index in [1.54, 1.807) is 30.3 Å². The second-order valence-corrected chi connectivity index (χ2v) is 5.57. The van der Waals surface area contributed by atoms with Crippen LogP contribution in [-0.2, 0) is 9.47 Å². The number of hydrogen-bond acceptors (Lipinski definition) is 3. The monoisotopic (exact) mass is 330 g/mol. The average Bonchev–Trinajstić information content (AvgIpc) is 2.63. The smallest absolute Gasteiger partial charge is 0.338 e. The number of carbonyl (C=O) groups excluding carboxylic acids is 1. The third-order valence-electron chi connectivity index (χ3n) is 3.28. The number of esters is 1. The maximum Gasteiger partial charge on any atom is 0.338 e. The van der Waals surface area contributed by atoms with Crippen molar-refractivity contribution in [3.63, 3.8) is 0 Å².